The van der Waals surface area contributed by atoms with Crippen molar-refractivity contribution in [3.8, 4) is 5.75 Å². The van der Waals surface area contributed by atoms with Crippen molar-refractivity contribution in [1.29, 1.82) is 0 Å². The van der Waals surface area contributed by atoms with Gasteiger partial charge in [-0.2, -0.15) is 0 Å². The number of rotatable bonds is 5. The van der Waals surface area contributed by atoms with Crippen LogP contribution in [0.1, 0.15) is 12.0 Å². The van der Waals surface area contributed by atoms with Crippen molar-refractivity contribution >= 4 is 5.91 Å². The molecule has 2 heterocycles. The fourth-order valence-electron chi connectivity index (χ4n) is 2.98. The molecule has 3 rings (SSSR count). The molecule has 5 nitrogen and oxygen atoms in total. The van der Waals surface area contributed by atoms with Crippen molar-refractivity contribution in [3.05, 3.63) is 29.8 Å². The number of amides is 1. The van der Waals surface area contributed by atoms with Gasteiger partial charge in [0.2, 0.25) is 5.91 Å². The predicted molar refractivity (Wildman–Crippen MR) is 84.0 cm³/mol. The zero-order chi connectivity index (χ0) is 15.2. The number of hydrogen-bond donors (Lipinski definition) is 1. The summed E-state index contributed by atoms with van der Waals surface area (Å²) in [6.45, 7) is 5.88. The van der Waals surface area contributed by atoms with E-state index in [0.717, 1.165) is 63.5 Å². The second-order valence-corrected chi connectivity index (χ2v) is 5.92. The lowest BCUT2D eigenvalue weighted by Gasteiger charge is -2.27. The summed E-state index contributed by atoms with van der Waals surface area (Å²) >= 11 is 0. The van der Waals surface area contributed by atoms with Crippen molar-refractivity contribution < 1.29 is 14.3 Å². The standard InChI is InChI=1S/C17H24N2O3/c20-17(18-6-3-7-19-8-10-21-11-9-19)15-12-14-4-1-2-5-16(14)22-13-15/h1-2,4-5,15H,3,6-13H2,(H,18,20). The third-order valence-corrected chi connectivity index (χ3v) is 4.30. The van der Waals surface area contributed by atoms with Crippen molar-refractivity contribution in [2.45, 2.75) is 12.8 Å². The second-order valence-electron chi connectivity index (χ2n) is 5.92. The zero-order valence-electron chi connectivity index (χ0n) is 12.9. The first-order valence-electron chi connectivity index (χ1n) is 8.11. The monoisotopic (exact) mass is 304 g/mol. The van der Waals surface area contributed by atoms with Gasteiger partial charge in [-0.05, 0) is 31.0 Å². The number of para-hydroxylation sites is 1. The molecule has 1 fully saturated rings. The van der Waals surface area contributed by atoms with Crippen LogP contribution in [0.3, 0.4) is 0 Å². The number of morpholine rings is 1. The number of fused-ring (bicyclic) bond motifs is 1. The summed E-state index contributed by atoms with van der Waals surface area (Å²) in [6, 6.07) is 7.95. The Morgan fingerprint density at radius 1 is 1.27 bits per heavy atom. The predicted octanol–water partition coefficient (Wildman–Crippen LogP) is 1.08. The van der Waals surface area contributed by atoms with E-state index in [4.69, 9.17) is 9.47 Å². The van der Waals surface area contributed by atoms with Crippen LogP contribution in [0.2, 0.25) is 0 Å². The quantitative estimate of drug-likeness (QED) is 0.827. The smallest absolute Gasteiger partial charge is 0.226 e. The van der Waals surface area contributed by atoms with Crippen LogP contribution in [0.25, 0.3) is 0 Å². The lowest BCUT2D eigenvalue weighted by molar-refractivity contribution is -0.126. The molecule has 0 spiro atoms. The molecule has 1 atom stereocenters. The first-order valence-corrected chi connectivity index (χ1v) is 8.11. The Bertz CT molecular complexity index is 500. The number of ether oxygens (including phenoxy) is 2. The molecule has 2 aliphatic rings. The Morgan fingerprint density at radius 2 is 2.09 bits per heavy atom. The molecule has 0 saturated carbocycles. The minimum atomic E-state index is -0.0710. The van der Waals surface area contributed by atoms with Crippen LogP contribution in [0, 0.1) is 5.92 Å². The zero-order valence-corrected chi connectivity index (χ0v) is 12.9. The van der Waals surface area contributed by atoms with E-state index in [9.17, 15) is 4.79 Å². The highest BCUT2D eigenvalue weighted by Crippen LogP contribution is 2.26. The Morgan fingerprint density at radius 3 is 2.95 bits per heavy atom. The number of benzene rings is 1. The van der Waals surface area contributed by atoms with Gasteiger partial charge >= 0.3 is 0 Å². The number of carbonyl (C=O) groups is 1. The molecule has 1 unspecified atom stereocenters. The molecule has 2 aliphatic heterocycles. The molecule has 120 valence electrons. The molecule has 1 amide bonds. The van der Waals surface area contributed by atoms with Gasteiger partial charge in [0.15, 0.2) is 0 Å². The molecule has 0 radical (unpaired) electrons. The van der Waals surface area contributed by atoms with Gasteiger partial charge < -0.3 is 14.8 Å². The van der Waals surface area contributed by atoms with Crippen LogP contribution < -0.4 is 10.1 Å². The summed E-state index contributed by atoms with van der Waals surface area (Å²) in [5.74, 6) is 0.952. The Hall–Kier alpha value is -1.59. The van der Waals surface area contributed by atoms with Crippen molar-refractivity contribution in [1.82, 2.24) is 10.2 Å². The van der Waals surface area contributed by atoms with E-state index in [-0.39, 0.29) is 11.8 Å². The van der Waals surface area contributed by atoms with E-state index >= 15 is 0 Å². The Kier molecular flexibility index (Phi) is 5.29. The lowest BCUT2D eigenvalue weighted by Crippen LogP contribution is -2.40. The first kappa shape index (κ1) is 15.3. The summed E-state index contributed by atoms with van der Waals surface area (Å²) in [7, 11) is 0. The van der Waals surface area contributed by atoms with Gasteiger partial charge in [-0.15, -0.1) is 0 Å². The summed E-state index contributed by atoms with van der Waals surface area (Å²) in [5.41, 5.74) is 1.13. The maximum Gasteiger partial charge on any atom is 0.226 e. The van der Waals surface area contributed by atoms with Gasteiger partial charge in [-0.1, -0.05) is 18.2 Å². The summed E-state index contributed by atoms with van der Waals surface area (Å²) in [5, 5.41) is 3.05. The highest BCUT2D eigenvalue weighted by atomic mass is 16.5. The number of hydrogen-bond acceptors (Lipinski definition) is 4. The average molecular weight is 304 g/mol. The Balaban J connectivity index is 1.37. The van der Waals surface area contributed by atoms with Crippen LogP contribution in [0.15, 0.2) is 24.3 Å². The normalized spacial score (nSPS) is 21.7. The molecule has 0 aliphatic carbocycles. The van der Waals surface area contributed by atoms with Crippen molar-refractivity contribution in [3.63, 3.8) is 0 Å². The number of carbonyl (C=O) groups excluding carboxylic acids is 1. The Labute approximate surface area is 131 Å². The third kappa shape index (κ3) is 3.99. The minimum absolute atomic E-state index is 0.0710. The van der Waals surface area contributed by atoms with Gasteiger partial charge in [0.1, 0.15) is 12.4 Å². The van der Waals surface area contributed by atoms with E-state index in [1.54, 1.807) is 0 Å². The van der Waals surface area contributed by atoms with Gasteiger partial charge in [-0.3, -0.25) is 9.69 Å². The molecular weight excluding hydrogens is 280 g/mol. The second kappa shape index (κ2) is 7.61. The summed E-state index contributed by atoms with van der Waals surface area (Å²) < 4.78 is 11.0. The molecule has 1 aromatic carbocycles. The van der Waals surface area contributed by atoms with Gasteiger partial charge in [0, 0.05) is 19.6 Å². The van der Waals surface area contributed by atoms with Gasteiger partial charge in [-0.25, -0.2) is 0 Å². The van der Waals surface area contributed by atoms with Crippen LogP contribution in [-0.4, -0.2) is 56.8 Å². The molecule has 0 bridgehead atoms. The SMILES string of the molecule is O=C(NCCCN1CCOCC1)C1COc2ccccc2C1. The molecule has 0 aromatic heterocycles. The molecule has 1 aromatic rings. The summed E-state index contributed by atoms with van der Waals surface area (Å²) in [4.78, 5) is 14.6. The van der Waals surface area contributed by atoms with E-state index in [2.05, 4.69) is 10.2 Å². The third-order valence-electron chi connectivity index (χ3n) is 4.30. The highest BCUT2D eigenvalue weighted by molar-refractivity contribution is 5.79. The fraction of sp³-hybridized carbons (Fsp3) is 0.588. The molecule has 1 N–H and O–H groups in total. The molecular formula is C17H24N2O3. The fourth-order valence-corrected chi connectivity index (χ4v) is 2.98. The molecule has 22 heavy (non-hydrogen) atoms. The van der Waals surface area contributed by atoms with E-state index in [0.29, 0.717) is 6.61 Å². The van der Waals surface area contributed by atoms with Crippen LogP contribution in [0.4, 0.5) is 0 Å². The van der Waals surface area contributed by atoms with Crippen LogP contribution >= 0.6 is 0 Å². The van der Waals surface area contributed by atoms with E-state index in [1.165, 1.54) is 0 Å². The largest absolute Gasteiger partial charge is 0.492 e. The minimum Gasteiger partial charge on any atom is -0.492 e. The maximum absolute atomic E-state index is 12.2. The van der Waals surface area contributed by atoms with Gasteiger partial charge in [0.05, 0.1) is 19.1 Å². The highest BCUT2D eigenvalue weighted by Gasteiger charge is 2.25. The summed E-state index contributed by atoms with van der Waals surface area (Å²) in [6.07, 6.45) is 1.75. The average Bonchev–Trinajstić information content (AvgIpc) is 2.59. The van der Waals surface area contributed by atoms with Crippen LogP contribution in [0.5, 0.6) is 5.75 Å². The van der Waals surface area contributed by atoms with E-state index < -0.39 is 0 Å². The number of nitrogens with zero attached hydrogens (tertiary/aromatic N) is 1. The molecule has 1 saturated heterocycles. The lowest BCUT2D eigenvalue weighted by atomic mass is 9.96. The van der Waals surface area contributed by atoms with E-state index in [1.807, 2.05) is 24.3 Å². The van der Waals surface area contributed by atoms with Crippen LogP contribution in [-0.2, 0) is 16.0 Å². The maximum atomic E-state index is 12.2. The number of nitrogens with one attached hydrogen (secondary N) is 1. The molecule has 5 heteroatoms. The topological polar surface area (TPSA) is 50.8 Å². The van der Waals surface area contributed by atoms with Gasteiger partial charge in [0.25, 0.3) is 0 Å². The van der Waals surface area contributed by atoms with Crippen molar-refractivity contribution in [2.24, 2.45) is 5.92 Å². The first-order chi connectivity index (χ1) is 10.8. The van der Waals surface area contributed by atoms with Crippen molar-refractivity contribution in [2.75, 3.05) is 46.0 Å².